The van der Waals surface area contributed by atoms with Gasteiger partial charge in [0, 0.05) is 24.8 Å². The summed E-state index contributed by atoms with van der Waals surface area (Å²) in [6.07, 6.45) is 5.68. The number of nitrogens with one attached hydrogen (secondary N) is 1. The van der Waals surface area contributed by atoms with Crippen molar-refractivity contribution >= 4 is 5.69 Å². The maximum Gasteiger partial charge on any atom is 0.0368 e. The lowest BCUT2D eigenvalue weighted by molar-refractivity contribution is 0.718. The van der Waals surface area contributed by atoms with Gasteiger partial charge in [0.1, 0.15) is 0 Å². The second-order valence-corrected chi connectivity index (χ2v) is 5.52. The predicted molar refractivity (Wildman–Crippen MR) is 72.3 cm³/mol. The first-order chi connectivity index (χ1) is 8.36. The van der Waals surface area contributed by atoms with Gasteiger partial charge in [-0.25, -0.2) is 0 Å². The molecule has 1 aromatic carbocycles. The molecule has 0 unspecified atom stereocenters. The molecule has 2 nitrogen and oxygen atoms in total. The van der Waals surface area contributed by atoms with Crippen LogP contribution in [0, 0.1) is 5.92 Å². The van der Waals surface area contributed by atoms with Gasteiger partial charge in [-0.2, -0.15) is 0 Å². The average molecular weight is 230 g/mol. The quantitative estimate of drug-likeness (QED) is 0.808. The third-order valence-corrected chi connectivity index (χ3v) is 3.79. The van der Waals surface area contributed by atoms with Gasteiger partial charge in [0.15, 0.2) is 0 Å². The molecule has 0 aromatic heterocycles. The first kappa shape index (κ1) is 11.1. The second kappa shape index (κ2) is 4.69. The molecular formula is C15H22N2. The first-order valence-corrected chi connectivity index (χ1v) is 6.87. The van der Waals surface area contributed by atoms with E-state index in [2.05, 4.69) is 34.5 Å². The molecule has 92 valence electrons. The van der Waals surface area contributed by atoms with Crippen molar-refractivity contribution < 1.29 is 0 Å². The Bertz CT molecular complexity index is 363. The highest BCUT2D eigenvalue weighted by Gasteiger charge is 2.33. The van der Waals surface area contributed by atoms with E-state index in [1.54, 1.807) is 0 Å². The van der Waals surface area contributed by atoms with Crippen LogP contribution in [0.4, 0.5) is 5.69 Å². The molecule has 0 amide bonds. The van der Waals surface area contributed by atoms with Crippen molar-refractivity contribution in [3.05, 3.63) is 29.8 Å². The normalized spacial score (nSPS) is 19.4. The lowest BCUT2D eigenvalue weighted by Gasteiger charge is -2.25. The zero-order chi connectivity index (χ0) is 11.7. The van der Waals surface area contributed by atoms with Gasteiger partial charge in [0.25, 0.3) is 0 Å². The summed E-state index contributed by atoms with van der Waals surface area (Å²) in [5.41, 5.74) is 2.80. The lowest BCUT2D eigenvalue weighted by Crippen LogP contribution is -2.27. The summed E-state index contributed by atoms with van der Waals surface area (Å²) < 4.78 is 0. The number of nitrogens with zero attached hydrogens (tertiary/aromatic N) is 1. The molecular weight excluding hydrogens is 208 g/mol. The van der Waals surface area contributed by atoms with E-state index in [0.29, 0.717) is 0 Å². The molecule has 1 N–H and O–H groups in total. The van der Waals surface area contributed by atoms with Gasteiger partial charge < -0.3 is 10.2 Å². The zero-order valence-corrected chi connectivity index (χ0v) is 10.7. The van der Waals surface area contributed by atoms with Crippen molar-refractivity contribution in [3.8, 4) is 0 Å². The summed E-state index contributed by atoms with van der Waals surface area (Å²) in [6, 6.07) is 9.95. The summed E-state index contributed by atoms with van der Waals surface area (Å²) in [6.45, 7) is 2.25. The lowest BCUT2D eigenvalue weighted by atomic mass is 10.2. The maximum absolute atomic E-state index is 3.20. The van der Waals surface area contributed by atoms with E-state index >= 15 is 0 Å². The molecule has 2 aliphatic rings. The van der Waals surface area contributed by atoms with E-state index in [4.69, 9.17) is 0 Å². The molecule has 2 fully saturated rings. The fourth-order valence-electron chi connectivity index (χ4n) is 2.44. The van der Waals surface area contributed by atoms with Crippen molar-refractivity contribution in [1.29, 1.82) is 0 Å². The van der Waals surface area contributed by atoms with Crippen molar-refractivity contribution in [1.82, 2.24) is 5.32 Å². The standard InChI is InChI=1S/C15H22N2/c1-16-10-12-4-6-14(7-5-12)17(15-8-9-15)11-13-2-3-13/h4-7,13,15-16H,2-3,8-11H2,1H3. The molecule has 17 heavy (non-hydrogen) atoms. The molecule has 2 heteroatoms. The van der Waals surface area contributed by atoms with Gasteiger partial charge in [-0.15, -0.1) is 0 Å². The van der Waals surface area contributed by atoms with Crippen LogP contribution in [0.15, 0.2) is 24.3 Å². The molecule has 2 aliphatic carbocycles. The van der Waals surface area contributed by atoms with Crippen LogP contribution in [0.5, 0.6) is 0 Å². The predicted octanol–water partition coefficient (Wildman–Crippen LogP) is 2.78. The largest absolute Gasteiger partial charge is 0.368 e. The number of hydrogen-bond acceptors (Lipinski definition) is 2. The Hall–Kier alpha value is -1.02. The van der Waals surface area contributed by atoms with Gasteiger partial charge in [-0.3, -0.25) is 0 Å². The Morgan fingerprint density at radius 2 is 1.82 bits per heavy atom. The van der Waals surface area contributed by atoms with E-state index < -0.39 is 0 Å². The summed E-state index contributed by atoms with van der Waals surface area (Å²) in [7, 11) is 2.00. The van der Waals surface area contributed by atoms with Crippen LogP contribution in [-0.4, -0.2) is 19.6 Å². The molecule has 0 heterocycles. The van der Waals surface area contributed by atoms with Gasteiger partial charge in [0.2, 0.25) is 0 Å². The number of rotatable bonds is 6. The Morgan fingerprint density at radius 3 is 2.35 bits per heavy atom. The van der Waals surface area contributed by atoms with Crippen LogP contribution in [0.1, 0.15) is 31.2 Å². The van der Waals surface area contributed by atoms with Crippen LogP contribution in [-0.2, 0) is 6.54 Å². The second-order valence-electron chi connectivity index (χ2n) is 5.52. The molecule has 0 bridgehead atoms. The zero-order valence-electron chi connectivity index (χ0n) is 10.7. The molecule has 0 saturated heterocycles. The van der Waals surface area contributed by atoms with Gasteiger partial charge >= 0.3 is 0 Å². The summed E-state index contributed by atoms with van der Waals surface area (Å²) >= 11 is 0. The average Bonchev–Trinajstić information content (AvgIpc) is 3.21. The van der Waals surface area contributed by atoms with Crippen molar-refractivity contribution in [3.63, 3.8) is 0 Å². The molecule has 0 radical (unpaired) electrons. The number of anilines is 1. The SMILES string of the molecule is CNCc1ccc(N(CC2CC2)C2CC2)cc1. The van der Waals surface area contributed by atoms with Crippen LogP contribution in [0.3, 0.4) is 0 Å². The fourth-order valence-corrected chi connectivity index (χ4v) is 2.44. The Morgan fingerprint density at radius 1 is 1.12 bits per heavy atom. The highest BCUT2D eigenvalue weighted by Crippen LogP contribution is 2.37. The van der Waals surface area contributed by atoms with Crippen molar-refractivity contribution in [2.75, 3.05) is 18.5 Å². The summed E-state index contributed by atoms with van der Waals surface area (Å²) in [5, 5.41) is 3.20. The van der Waals surface area contributed by atoms with Gasteiger partial charge in [-0.05, 0) is 56.3 Å². The van der Waals surface area contributed by atoms with E-state index in [0.717, 1.165) is 18.5 Å². The van der Waals surface area contributed by atoms with Crippen molar-refractivity contribution in [2.24, 2.45) is 5.92 Å². The Labute approximate surface area is 104 Å². The minimum Gasteiger partial charge on any atom is -0.368 e. The van der Waals surface area contributed by atoms with Crippen LogP contribution >= 0.6 is 0 Å². The van der Waals surface area contributed by atoms with E-state index in [-0.39, 0.29) is 0 Å². The minimum atomic E-state index is 0.839. The highest BCUT2D eigenvalue weighted by molar-refractivity contribution is 5.50. The highest BCUT2D eigenvalue weighted by atomic mass is 15.2. The number of benzene rings is 1. The van der Waals surface area contributed by atoms with Gasteiger partial charge in [0.05, 0.1) is 0 Å². The maximum atomic E-state index is 3.20. The third kappa shape index (κ3) is 2.81. The molecule has 2 saturated carbocycles. The monoisotopic (exact) mass is 230 g/mol. The smallest absolute Gasteiger partial charge is 0.0368 e. The molecule has 0 aliphatic heterocycles. The van der Waals surface area contributed by atoms with E-state index in [1.165, 1.54) is 43.5 Å². The van der Waals surface area contributed by atoms with Gasteiger partial charge in [-0.1, -0.05) is 12.1 Å². The van der Waals surface area contributed by atoms with Crippen LogP contribution in [0.25, 0.3) is 0 Å². The summed E-state index contributed by atoms with van der Waals surface area (Å²) in [5.74, 6) is 0.979. The van der Waals surface area contributed by atoms with Crippen LogP contribution in [0.2, 0.25) is 0 Å². The molecule has 1 aromatic rings. The first-order valence-electron chi connectivity index (χ1n) is 6.87. The van der Waals surface area contributed by atoms with Crippen molar-refractivity contribution in [2.45, 2.75) is 38.3 Å². The van der Waals surface area contributed by atoms with E-state index in [9.17, 15) is 0 Å². The Balaban J connectivity index is 1.70. The minimum absolute atomic E-state index is 0.839. The third-order valence-electron chi connectivity index (χ3n) is 3.79. The fraction of sp³-hybridized carbons (Fsp3) is 0.600. The molecule has 3 rings (SSSR count). The molecule has 0 spiro atoms. The number of hydrogen-bond donors (Lipinski definition) is 1. The Kier molecular flexibility index (Phi) is 3.06. The topological polar surface area (TPSA) is 15.3 Å². The summed E-state index contributed by atoms with van der Waals surface area (Å²) in [4.78, 5) is 2.64. The van der Waals surface area contributed by atoms with E-state index in [1.807, 2.05) is 7.05 Å². The van der Waals surface area contributed by atoms with Crippen LogP contribution < -0.4 is 10.2 Å². The molecule has 0 atom stereocenters.